The molecule has 2 rings (SSSR count). The van der Waals surface area contributed by atoms with Crippen LogP contribution >= 0.6 is 0 Å². The van der Waals surface area contributed by atoms with Crippen molar-refractivity contribution in [2.75, 3.05) is 19.6 Å². The van der Waals surface area contributed by atoms with Gasteiger partial charge in [-0.05, 0) is 46.6 Å². The summed E-state index contributed by atoms with van der Waals surface area (Å²) in [5.41, 5.74) is -0.208. The Kier molecular flexibility index (Phi) is 6.47. The van der Waals surface area contributed by atoms with Crippen molar-refractivity contribution in [3.05, 3.63) is 23.2 Å². The third kappa shape index (κ3) is 5.08. The number of aliphatic hydroxyl groups is 1. The Morgan fingerprint density at radius 1 is 1.33 bits per heavy atom. The molecule has 0 radical (unpaired) electrons. The number of carbonyl (C=O) groups excluding carboxylic acids is 1. The minimum absolute atomic E-state index is 0.0283. The van der Waals surface area contributed by atoms with Crippen molar-refractivity contribution < 1.29 is 14.3 Å². The van der Waals surface area contributed by atoms with Gasteiger partial charge in [0.25, 0.3) is 0 Å². The number of furan rings is 1. The molecule has 1 aromatic heterocycles. The lowest BCUT2D eigenvalue weighted by molar-refractivity contribution is -0.131. The van der Waals surface area contributed by atoms with Crippen LogP contribution in [0.4, 0.5) is 0 Å². The molecule has 1 aromatic rings. The van der Waals surface area contributed by atoms with Crippen LogP contribution in [-0.4, -0.2) is 41.6 Å². The number of carbonyl (C=O) groups is 1. The number of nitrogens with one attached hydrogen (secondary N) is 1. The topological polar surface area (TPSA) is 65.7 Å². The van der Waals surface area contributed by atoms with E-state index in [9.17, 15) is 9.90 Å². The maximum Gasteiger partial charge on any atom is 0.224 e. The predicted molar refractivity (Wildman–Crippen MR) is 94.9 cm³/mol. The largest absolute Gasteiger partial charge is 0.466 e. The molecule has 24 heavy (non-hydrogen) atoms. The second kappa shape index (κ2) is 8.17. The summed E-state index contributed by atoms with van der Waals surface area (Å²) in [6, 6.07) is 1.91. The molecule has 1 amide bonds. The van der Waals surface area contributed by atoms with E-state index in [-0.39, 0.29) is 11.9 Å². The molecule has 0 unspecified atom stereocenters. The van der Waals surface area contributed by atoms with Gasteiger partial charge in [-0.25, -0.2) is 0 Å². The van der Waals surface area contributed by atoms with E-state index in [1.54, 1.807) is 6.92 Å². The zero-order valence-electron chi connectivity index (χ0n) is 15.5. The monoisotopic (exact) mass is 336 g/mol. The number of aryl methyl sites for hydroxylation is 2. The van der Waals surface area contributed by atoms with Crippen LogP contribution in [-0.2, 0) is 10.4 Å². The van der Waals surface area contributed by atoms with Crippen molar-refractivity contribution in [2.45, 2.75) is 71.4 Å². The molecular formula is C19H32N2O3. The van der Waals surface area contributed by atoms with E-state index >= 15 is 0 Å². The lowest BCUT2D eigenvalue weighted by atomic mass is 9.95. The van der Waals surface area contributed by atoms with Crippen molar-refractivity contribution in [1.82, 2.24) is 10.2 Å². The first-order chi connectivity index (χ1) is 11.3. The Labute approximate surface area is 145 Å². The summed E-state index contributed by atoms with van der Waals surface area (Å²) in [6.07, 6.45) is 5.15. The van der Waals surface area contributed by atoms with Gasteiger partial charge < -0.3 is 19.7 Å². The van der Waals surface area contributed by atoms with Crippen LogP contribution in [0.5, 0.6) is 0 Å². The molecule has 5 nitrogen and oxygen atoms in total. The number of hydrogen-bond donors (Lipinski definition) is 2. The Bertz CT molecular complexity index is 543. The molecule has 1 aliphatic rings. The molecular weight excluding hydrogens is 304 g/mol. The highest BCUT2D eigenvalue weighted by Crippen LogP contribution is 2.26. The summed E-state index contributed by atoms with van der Waals surface area (Å²) < 4.78 is 5.51. The average Bonchev–Trinajstić information content (AvgIpc) is 2.73. The van der Waals surface area contributed by atoms with Crippen molar-refractivity contribution in [3.8, 4) is 0 Å². The molecule has 0 aliphatic carbocycles. The summed E-state index contributed by atoms with van der Waals surface area (Å²) in [5, 5.41) is 14.0. The van der Waals surface area contributed by atoms with Crippen LogP contribution in [0.2, 0.25) is 0 Å². The minimum atomic E-state index is -1.01. The SMILES string of the molecule is Cc1cc([C@@](C)(O)CN[C@H](C)CC(=O)N2CCCCCC2)c(C)o1. The predicted octanol–water partition coefficient (Wildman–Crippen LogP) is 2.87. The quantitative estimate of drug-likeness (QED) is 0.838. The van der Waals surface area contributed by atoms with E-state index < -0.39 is 5.60 Å². The molecule has 2 heterocycles. The summed E-state index contributed by atoms with van der Waals surface area (Å²) in [7, 11) is 0. The first kappa shape index (κ1) is 19.0. The summed E-state index contributed by atoms with van der Waals surface area (Å²) in [6.45, 7) is 9.68. The Morgan fingerprint density at radius 3 is 2.50 bits per heavy atom. The fourth-order valence-electron chi connectivity index (χ4n) is 3.42. The number of amides is 1. The zero-order valence-corrected chi connectivity index (χ0v) is 15.5. The Hall–Kier alpha value is -1.33. The second-order valence-corrected chi connectivity index (χ2v) is 7.38. The number of hydrogen-bond acceptors (Lipinski definition) is 4. The van der Waals surface area contributed by atoms with Gasteiger partial charge in [0.15, 0.2) is 0 Å². The van der Waals surface area contributed by atoms with E-state index in [4.69, 9.17) is 4.42 Å². The van der Waals surface area contributed by atoms with Gasteiger partial charge >= 0.3 is 0 Å². The molecule has 1 fully saturated rings. The van der Waals surface area contributed by atoms with Gasteiger partial charge in [0.1, 0.15) is 17.1 Å². The molecule has 2 N–H and O–H groups in total. The van der Waals surface area contributed by atoms with E-state index in [1.165, 1.54) is 12.8 Å². The summed E-state index contributed by atoms with van der Waals surface area (Å²) in [5.74, 6) is 1.76. The molecule has 136 valence electrons. The van der Waals surface area contributed by atoms with E-state index in [2.05, 4.69) is 5.32 Å². The van der Waals surface area contributed by atoms with Crippen LogP contribution in [0.3, 0.4) is 0 Å². The second-order valence-electron chi connectivity index (χ2n) is 7.38. The van der Waals surface area contributed by atoms with Crippen LogP contribution < -0.4 is 5.32 Å². The van der Waals surface area contributed by atoms with Crippen LogP contribution in [0.1, 0.15) is 63.0 Å². The van der Waals surface area contributed by atoms with Gasteiger partial charge in [0, 0.05) is 37.7 Å². The van der Waals surface area contributed by atoms with Gasteiger partial charge in [-0.1, -0.05) is 12.8 Å². The fraction of sp³-hybridized carbons (Fsp3) is 0.737. The van der Waals surface area contributed by atoms with Crippen molar-refractivity contribution in [2.24, 2.45) is 0 Å². The molecule has 0 spiro atoms. The van der Waals surface area contributed by atoms with E-state index in [0.29, 0.717) is 13.0 Å². The van der Waals surface area contributed by atoms with E-state index in [1.807, 2.05) is 31.7 Å². The third-order valence-corrected chi connectivity index (χ3v) is 4.86. The van der Waals surface area contributed by atoms with E-state index in [0.717, 1.165) is 43.0 Å². The van der Waals surface area contributed by atoms with Gasteiger partial charge in [-0.15, -0.1) is 0 Å². The van der Waals surface area contributed by atoms with Gasteiger partial charge in [0.05, 0.1) is 0 Å². The summed E-state index contributed by atoms with van der Waals surface area (Å²) in [4.78, 5) is 14.4. The maximum absolute atomic E-state index is 12.4. The minimum Gasteiger partial charge on any atom is -0.466 e. The molecule has 0 saturated carbocycles. The number of nitrogens with zero attached hydrogens (tertiary/aromatic N) is 1. The van der Waals surface area contributed by atoms with Crippen LogP contribution in [0, 0.1) is 13.8 Å². The van der Waals surface area contributed by atoms with Crippen molar-refractivity contribution >= 4 is 5.91 Å². The van der Waals surface area contributed by atoms with Gasteiger partial charge in [0.2, 0.25) is 5.91 Å². The lowest BCUT2D eigenvalue weighted by Crippen LogP contribution is -2.42. The first-order valence-electron chi connectivity index (χ1n) is 9.10. The highest BCUT2D eigenvalue weighted by Gasteiger charge is 2.28. The Balaban J connectivity index is 1.84. The van der Waals surface area contributed by atoms with Gasteiger partial charge in [-0.3, -0.25) is 4.79 Å². The molecule has 1 aliphatic heterocycles. The Morgan fingerprint density at radius 2 is 1.96 bits per heavy atom. The van der Waals surface area contributed by atoms with Gasteiger partial charge in [-0.2, -0.15) is 0 Å². The molecule has 2 atom stereocenters. The van der Waals surface area contributed by atoms with Crippen molar-refractivity contribution in [3.63, 3.8) is 0 Å². The fourth-order valence-corrected chi connectivity index (χ4v) is 3.42. The standard InChI is InChI=1S/C19H32N2O3/c1-14(11-18(22)21-9-7-5-6-8-10-21)20-13-19(4,23)17-12-15(2)24-16(17)3/h12,14,20,23H,5-11,13H2,1-4H3/t14-,19+/m1/s1. The van der Waals surface area contributed by atoms with Crippen molar-refractivity contribution in [1.29, 1.82) is 0 Å². The smallest absolute Gasteiger partial charge is 0.224 e. The normalized spacial score (nSPS) is 19.6. The molecule has 5 heteroatoms. The van der Waals surface area contributed by atoms with Crippen LogP contribution in [0.15, 0.2) is 10.5 Å². The lowest BCUT2D eigenvalue weighted by Gasteiger charge is -2.27. The highest BCUT2D eigenvalue weighted by atomic mass is 16.3. The summed E-state index contributed by atoms with van der Waals surface area (Å²) >= 11 is 0. The number of likely N-dealkylation sites (tertiary alicyclic amines) is 1. The molecule has 1 saturated heterocycles. The average molecular weight is 336 g/mol. The molecule has 0 bridgehead atoms. The molecule has 0 aromatic carbocycles. The number of rotatable bonds is 6. The maximum atomic E-state index is 12.4. The van der Waals surface area contributed by atoms with Crippen LogP contribution in [0.25, 0.3) is 0 Å². The first-order valence-corrected chi connectivity index (χ1v) is 9.10. The third-order valence-electron chi connectivity index (χ3n) is 4.86. The highest BCUT2D eigenvalue weighted by molar-refractivity contribution is 5.76. The zero-order chi connectivity index (χ0) is 17.7.